The van der Waals surface area contributed by atoms with Crippen LogP contribution in [0.4, 0.5) is 5.82 Å². The van der Waals surface area contributed by atoms with Crippen molar-refractivity contribution in [1.29, 1.82) is 0 Å². The summed E-state index contributed by atoms with van der Waals surface area (Å²) >= 11 is 3.29. The Morgan fingerprint density at radius 2 is 1.94 bits per heavy atom. The SMILES string of the molecule is CCSc1ccccc1C(=O)NCCn1ncc2c(NC(C)C)nc(SC(C)C)nc21. The summed E-state index contributed by atoms with van der Waals surface area (Å²) in [4.78, 5) is 23.1. The minimum absolute atomic E-state index is 0.0687. The van der Waals surface area contributed by atoms with Crippen molar-refractivity contribution in [3.05, 3.63) is 36.0 Å². The molecule has 0 saturated heterocycles. The normalized spacial score (nSPS) is 11.5. The van der Waals surface area contributed by atoms with E-state index in [9.17, 15) is 4.79 Å². The van der Waals surface area contributed by atoms with Gasteiger partial charge in [-0.2, -0.15) is 5.10 Å². The van der Waals surface area contributed by atoms with E-state index in [4.69, 9.17) is 4.98 Å². The van der Waals surface area contributed by atoms with Crippen molar-refractivity contribution in [3.63, 3.8) is 0 Å². The summed E-state index contributed by atoms with van der Waals surface area (Å²) in [7, 11) is 0. The lowest BCUT2D eigenvalue weighted by Gasteiger charge is -2.13. The highest BCUT2D eigenvalue weighted by Gasteiger charge is 2.16. The number of hydrogen-bond donors (Lipinski definition) is 2. The molecule has 2 aromatic heterocycles. The monoisotopic (exact) mass is 458 g/mol. The molecule has 3 aromatic rings. The Morgan fingerprint density at radius 1 is 1.16 bits per heavy atom. The molecule has 0 aliphatic rings. The number of nitrogens with one attached hydrogen (secondary N) is 2. The molecule has 1 amide bonds. The van der Waals surface area contributed by atoms with Crippen LogP contribution in [0.3, 0.4) is 0 Å². The number of fused-ring (bicyclic) bond motifs is 1. The molecule has 2 N–H and O–H groups in total. The number of rotatable bonds is 10. The van der Waals surface area contributed by atoms with Crippen LogP contribution in [-0.2, 0) is 6.54 Å². The van der Waals surface area contributed by atoms with Gasteiger partial charge in [0.15, 0.2) is 10.8 Å². The van der Waals surface area contributed by atoms with Gasteiger partial charge in [-0.25, -0.2) is 14.6 Å². The third kappa shape index (κ3) is 6.13. The van der Waals surface area contributed by atoms with Gasteiger partial charge in [-0.05, 0) is 31.7 Å². The molecule has 2 heterocycles. The standard InChI is InChI=1S/C22H30N6OS2/c1-6-30-18-10-8-7-9-16(18)21(29)23-11-12-28-20-17(13-24-28)19(25-14(2)3)26-22(27-20)31-15(4)5/h7-10,13-15H,6,11-12H2,1-5H3,(H,23,29)(H,25,26,27). The highest BCUT2D eigenvalue weighted by molar-refractivity contribution is 7.99. The fourth-order valence-corrected chi connectivity index (χ4v) is 4.56. The number of nitrogens with zero attached hydrogens (tertiary/aromatic N) is 4. The Labute approximate surface area is 192 Å². The first-order valence-electron chi connectivity index (χ1n) is 10.6. The number of amides is 1. The van der Waals surface area contributed by atoms with Crippen LogP contribution in [0.15, 0.2) is 40.5 Å². The van der Waals surface area contributed by atoms with Gasteiger partial charge in [0.25, 0.3) is 5.91 Å². The van der Waals surface area contributed by atoms with Crippen LogP contribution in [-0.4, -0.2) is 49.2 Å². The fourth-order valence-electron chi connectivity index (χ4n) is 3.05. The first-order chi connectivity index (χ1) is 14.9. The molecule has 0 unspecified atom stereocenters. The lowest BCUT2D eigenvalue weighted by atomic mass is 10.2. The fraction of sp³-hybridized carbons (Fsp3) is 0.455. The van der Waals surface area contributed by atoms with E-state index in [1.165, 1.54) is 0 Å². The first kappa shape index (κ1) is 23.4. The summed E-state index contributed by atoms with van der Waals surface area (Å²) in [6.45, 7) is 11.5. The van der Waals surface area contributed by atoms with Gasteiger partial charge >= 0.3 is 0 Å². The lowest BCUT2D eigenvalue weighted by Crippen LogP contribution is -2.28. The number of carbonyl (C=O) groups excluding carboxylic acids is 1. The van der Waals surface area contributed by atoms with Crippen LogP contribution in [0.25, 0.3) is 11.0 Å². The quantitative estimate of drug-likeness (QED) is 0.337. The predicted octanol–water partition coefficient (Wildman–Crippen LogP) is 4.69. The van der Waals surface area contributed by atoms with Crippen molar-refractivity contribution in [1.82, 2.24) is 25.1 Å². The van der Waals surface area contributed by atoms with E-state index in [0.717, 1.165) is 32.7 Å². The number of hydrogen-bond acceptors (Lipinski definition) is 7. The molecular weight excluding hydrogens is 428 g/mol. The maximum atomic E-state index is 12.7. The van der Waals surface area contributed by atoms with Crippen molar-refractivity contribution in [2.45, 2.75) is 62.5 Å². The smallest absolute Gasteiger partial charge is 0.252 e. The van der Waals surface area contributed by atoms with Crippen LogP contribution in [0.5, 0.6) is 0 Å². The zero-order valence-electron chi connectivity index (χ0n) is 18.7. The van der Waals surface area contributed by atoms with Gasteiger partial charge in [-0.3, -0.25) is 4.79 Å². The summed E-state index contributed by atoms with van der Waals surface area (Å²) < 4.78 is 1.83. The molecule has 0 aliphatic heterocycles. The molecular formula is C22H30N6OS2. The largest absolute Gasteiger partial charge is 0.367 e. The number of benzene rings is 1. The van der Waals surface area contributed by atoms with Crippen molar-refractivity contribution < 1.29 is 4.79 Å². The summed E-state index contributed by atoms with van der Waals surface area (Å²) in [6.07, 6.45) is 1.79. The molecule has 3 rings (SSSR count). The lowest BCUT2D eigenvalue weighted by molar-refractivity contribution is 0.0949. The third-order valence-corrected chi connectivity index (χ3v) is 6.10. The summed E-state index contributed by atoms with van der Waals surface area (Å²) in [5, 5.41) is 12.9. The van der Waals surface area contributed by atoms with E-state index in [0.29, 0.717) is 23.9 Å². The maximum Gasteiger partial charge on any atom is 0.252 e. The van der Waals surface area contributed by atoms with Crippen LogP contribution in [0.1, 0.15) is 45.0 Å². The van der Waals surface area contributed by atoms with Gasteiger partial charge in [0.1, 0.15) is 5.82 Å². The topological polar surface area (TPSA) is 84.7 Å². The van der Waals surface area contributed by atoms with Crippen LogP contribution in [0.2, 0.25) is 0 Å². The minimum Gasteiger partial charge on any atom is -0.367 e. The third-order valence-electron chi connectivity index (χ3n) is 4.28. The van der Waals surface area contributed by atoms with E-state index in [1.54, 1.807) is 29.7 Å². The average molecular weight is 459 g/mol. The first-order valence-corrected chi connectivity index (χ1v) is 12.4. The Morgan fingerprint density at radius 3 is 2.65 bits per heavy atom. The van der Waals surface area contributed by atoms with Gasteiger partial charge in [0.05, 0.1) is 23.7 Å². The zero-order valence-corrected chi connectivity index (χ0v) is 20.3. The van der Waals surface area contributed by atoms with Crippen molar-refractivity contribution in [3.8, 4) is 0 Å². The van der Waals surface area contributed by atoms with E-state index in [1.807, 2.05) is 28.9 Å². The summed E-state index contributed by atoms with van der Waals surface area (Å²) in [5.41, 5.74) is 1.48. The van der Waals surface area contributed by atoms with E-state index in [2.05, 4.69) is 55.3 Å². The second-order valence-electron chi connectivity index (χ2n) is 7.61. The van der Waals surface area contributed by atoms with Crippen molar-refractivity contribution in [2.75, 3.05) is 17.6 Å². The maximum absolute atomic E-state index is 12.7. The zero-order chi connectivity index (χ0) is 22.4. The Kier molecular flexibility index (Phi) is 8.20. The van der Waals surface area contributed by atoms with Gasteiger partial charge in [0.2, 0.25) is 0 Å². The number of anilines is 1. The summed E-state index contributed by atoms with van der Waals surface area (Å²) in [5.74, 6) is 1.65. The molecule has 9 heteroatoms. The Balaban J connectivity index is 1.76. The van der Waals surface area contributed by atoms with Crippen LogP contribution >= 0.6 is 23.5 Å². The molecule has 1 aromatic carbocycles. The van der Waals surface area contributed by atoms with Gasteiger partial charge in [-0.15, -0.1) is 11.8 Å². The van der Waals surface area contributed by atoms with E-state index < -0.39 is 0 Å². The van der Waals surface area contributed by atoms with E-state index in [-0.39, 0.29) is 11.9 Å². The van der Waals surface area contributed by atoms with Crippen molar-refractivity contribution >= 4 is 46.3 Å². The van der Waals surface area contributed by atoms with Gasteiger partial charge < -0.3 is 10.6 Å². The Hall–Kier alpha value is -2.26. The van der Waals surface area contributed by atoms with Crippen LogP contribution < -0.4 is 10.6 Å². The molecule has 31 heavy (non-hydrogen) atoms. The minimum atomic E-state index is -0.0687. The molecule has 0 fully saturated rings. The van der Waals surface area contributed by atoms with E-state index >= 15 is 0 Å². The molecule has 7 nitrogen and oxygen atoms in total. The second-order valence-corrected chi connectivity index (χ2v) is 10.5. The highest BCUT2D eigenvalue weighted by Crippen LogP contribution is 2.27. The molecule has 0 radical (unpaired) electrons. The molecule has 166 valence electrons. The number of aromatic nitrogens is 4. The molecule has 0 saturated carbocycles. The van der Waals surface area contributed by atoms with Gasteiger partial charge in [0, 0.05) is 22.7 Å². The molecule has 0 spiro atoms. The van der Waals surface area contributed by atoms with Crippen molar-refractivity contribution in [2.24, 2.45) is 0 Å². The summed E-state index contributed by atoms with van der Waals surface area (Å²) in [6, 6.07) is 7.95. The van der Waals surface area contributed by atoms with Gasteiger partial charge in [-0.1, -0.05) is 44.7 Å². The van der Waals surface area contributed by atoms with Crippen LogP contribution in [0, 0.1) is 0 Å². The predicted molar refractivity (Wildman–Crippen MR) is 130 cm³/mol. The molecule has 0 atom stereocenters. The number of thioether (sulfide) groups is 2. The average Bonchev–Trinajstić information content (AvgIpc) is 3.11. The Bertz CT molecular complexity index is 1030. The number of carbonyl (C=O) groups is 1. The molecule has 0 bridgehead atoms. The second kappa shape index (κ2) is 10.9. The highest BCUT2D eigenvalue weighted by atomic mass is 32.2. The molecule has 0 aliphatic carbocycles.